The van der Waals surface area contributed by atoms with Crippen LogP contribution in [0.5, 0.6) is 5.75 Å². The summed E-state index contributed by atoms with van der Waals surface area (Å²) in [6.45, 7) is 4.93. The fourth-order valence-electron chi connectivity index (χ4n) is 6.94. The molecule has 2 amide bonds. The van der Waals surface area contributed by atoms with Crippen molar-refractivity contribution in [2.24, 2.45) is 5.41 Å². The molecule has 1 atom stereocenters. The Kier molecular flexibility index (Phi) is 8.51. The largest absolute Gasteiger partial charge is 0.493 e. The van der Waals surface area contributed by atoms with Crippen LogP contribution in [0.1, 0.15) is 75.3 Å². The molecule has 1 saturated carbocycles. The average molecular weight is 555 g/mol. The number of carbonyl (C=O) groups is 2. The van der Waals surface area contributed by atoms with Crippen LogP contribution in [0.4, 0.5) is 4.39 Å². The second kappa shape index (κ2) is 11.9. The summed E-state index contributed by atoms with van der Waals surface area (Å²) in [4.78, 5) is 31.8. The molecule has 0 aromatic heterocycles. The van der Waals surface area contributed by atoms with E-state index in [2.05, 4.69) is 0 Å². The minimum Gasteiger partial charge on any atom is -0.493 e. The van der Waals surface area contributed by atoms with Gasteiger partial charge in [0, 0.05) is 48.6 Å². The minimum atomic E-state index is -0.834. The number of benzene rings is 2. The van der Waals surface area contributed by atoms with Crippen LogP contribution < -0.4 is 4.74 Å². The topological polar surface area (TPSA) is 49.9 Å². The maximum absolute atomic E-state index is 15.1. The number of rotatable bonds is 7. The molecule has 0 bridgehead atoms. The Morgan fingerprint density at radius 1 is 0.923 bits per heavy atom. The van der Waals surface area contributed by atoms with Crippen molar-refractivity contribution >= 4 is 23.4 Å². The number of ether oxygens (including phenoxy) is 1. The Hall–Kier alpha value is -2.60. The highest BCUT2D eigenvalue weighted by atomic mass is 35.5. The van der Waals surface area contributed by atoms with Crippen molar-refractivity contribution in [3.8, 4) is 5.75 Å². The van der Waals surface area contributed by atoms with E-state index in [1.807, 2.05) is 41.0 Å². The van der Waals surface area contributed by atoms with Gasteiger partial charge in [0.2, 0.25) is 11.8 Å². The van der Waals surface area contributed by atoms with Gasteiger partial charge in [0.1, 0.15) is 11.6 Å². The van der Waals surface area contributed by atoms with Crippen molar-refractivity contribution in [1.29, 1.82) is 0 Å². The Morgan fingerprint density at radius 3 is 2.36 bits per heavy atom. The Morgan fingerprint density at radius 2 is 1.64 bits per heavy atom. The highest BCUT2D eigenvalue weighted by Gasteiger charge is 2.49. The fraction of sp³-hybridized carbons (Fsp3) is 0.562. The number of likely N-dealkylation sites (tertiary alicyclic amines) is 2. The third kappa shape index (κ3) is 5.96. The standard InChI is InChI=1S/C32H40ClFN2O3/c1-24-20-25(12-13-27(24)33)39-23-31(21-29(37)35-17-7-2-8-18-35)14-9-19-36(22-31)30(38)32(15-5-6-16-32)26-10-3-4-11-28(26)34/h3-4,10-13,20H,2,5-9,14-19,21-23H2,1H3/t31-/m1/s1. The first-order chi connectivity index (χ1) is 18.8. The lowest BCUT2D eigenvalue weighted by Crippen LogP contribution is -2.55. The molecule has 7 heteroatoms. The summed E-state index contributed by atoms with van der Waals surface area (Å²) in [5.41, 5.74) is 0.104. The maximum Gasteiger partial charge on any atom is 0.233 e. The summed E-state index contributed by atoms with van der Waals surface area (Å²) >= 11 is 6.23. The number of carbonyl (C=O) groups excluding carboxylic acids is 2. The van der Waals surface area contributed by atoms with Gasteiger partial charge in [-0.1, -0.05) is 42.6 Å². The minimum absolute atomic E-state index is 0.00179. The molecule has 0 N–H and O–H groups in total. The molecule has 2 aromatic rings. The van der Waals surface area contributed by atoms with E-state index < -0.39 is 10.8 Å². The molecule has 0 spiro atoms. The van der Waals surface area contributed by atoms with Crippen LogP contribution in [0, 0.1) is 18.2 Å². The molecular formula is C32H40ClFN2O3. The summed E-state index contributed by atoms with van der Waals surface area (Å²) in [6.07, 6.45) is 8.30. The molecule has 3 aliphatic rings. The molecule has 2 saturated heterocycles. The normalized spacial score (nSPS) is 23.1. The van der Waals surface area contributed by atoms with Gasteiger partial charge >= 0.3 is 0 Å². The van der Waals surface area contributed by atoms with Crippen molar-refractivity contribution < 1.29 is 18.7 Å². The molecule has 3 fully saturated rings. The molecule has 2 aromatic carbocycles. The first kappa shape index (κ1) is 27.9. The predicted molar refractivity (Wildman–Crippen MR) is 152 cm³/mol. The lowest BCUT2D eigenvalue weighted by Gasteiger charge is -2.46. The molecule has 210 valence electrons. The zero-order chi connectivity index (χ0) is 27.5. The van der Waals surface area contributed by atoms with E-state index in [1.165, 1.54) is 6.07 Å². The van der Waals surface area contributed by atoms with Crippen LogP contribution >= 0.6 is 11.6 Å². The summed E-state index contributed by atoms with van der Waals surface area (Å²) < 4.78 is 21.4. The first-order valence-electron chi connectivity index (χ1n) is 14.5. The number of nitrogens with zero attached hydrogens (tertiary/aromatic N) is 2. The Balaban J connectivity index is 1.41. The highest BCUT2D eigenvalue weighted by Crippen LogP contribution is 2.45. The second-order valence-electron chi connectivity index (χ2n) is 11.9. The van der Waals surface area contributed by atoms with Gasteiger partial charge in [-0.05, 0) is 81.7 Å². The van der Waals surface area contributed by atoms with E-state index in [1.54, 1.807) is 12.1 Å². The van der Waals surface area contributed by atoms with Crippen LogP contribution in [-0.4, -0.2) is 54.4 Å². The zero-order valence-corrected chi connectivity index (χ0v) is 23.8. The van der Waals surface area contributed by atoms with Gasteiger partial charge in [-0.3, -0.25) is 9.59 Å². The fourth-order valence-corrected chi connectivity index (χ4v) is 7.06. The van der Waals surface area contributed by atoms with Crippen LogP contribution in [0.25, 0.3) is 0 Å². The van der Waals surface area contributed by atoms with Crippen molar-refractivity contribution in [3.63, 3.8) is 0 Å². The van der Waals surface area contributed by atoms with E-state index in [0.29, 0.717) is 55.3 Å². The molecule has 0 unspecified atom stereocenters. The number of amides is 2. The predicted octanol–water partition coefficient (Wildman–Crippen LogP) is 6.69. The quantitative estimate of drug-likeness (QED) is 0.383. The van der Waals surface area contributed by atoms with Crippen molar-refractivity contribution in [1.82, 2.24) is 9.80 Å². The molecule has 5 nitrogen and oxygen atoms in total. The number of aryl methyl sites for hydroxylation is 1. The van der Waals surface area contributed by atoms with Crippen molar-refractivity contribution in [3.05, 3.63) is 64.4 Å². The third-order valence-corrected chi connectivity index (χ3v) is 9.54. The van der Waals surface area contributed by atoms with Gasteiger partial charge in [0.15, 0.2) is 0 Å². The lowest BCUT2D eigenvalue weighted by atomic mass is 9.73. The van der Waals surface area contributed by atoms with Crippen LogP contribution in [0.3, 0.4) is 0 Å². The summed E-state index contributed by atoms with van der Waals surface area (Å²) in [5.74, 6) is 0.549. The molecular weight excluding hydrogens is 515 g/mol. The van der Waals surface area contributed by atoms with E-state index in [9.17, 15) is 9.59 Å². The molecule has 1 aliphatic carbocycles. The number of hydrogen-bond donors (Lipinski definition) is 0. The number of piperidine rings is 2. The second-order valence-corrected chi connectivity index (χ2v) is 12.3. The highest BCUT2D eigenvalue weighted by molar-refractivity contribution is 6.31. The van der Waals surface area contributed by atoms with Crippen molar-refractivity contribution in [2.75, 3.05) is 32.8 Å². The monoisotopic (exact) mass is 554 g/mol. The van der Waals surface area contributed by atoms with E-state index in [0.717, 1.165) is 63.6 Å². The van der Waals surface area contributed by atoms with Gasteiger partial charge in [0.05, 0.1) is 12.0 Å². The van der Waals surface area contributed by atoms with E-state index in [-0.39, 0.29) is 17.6 Å². The zero-order valence-electron chi connectivity index (χ0n) is 23.0. The summed E-state index contributed by atoms with van der Waals surface area (Å²) in [7, 11) is 0. The smallest absolute Gasteiger partial charge is 0.233 e. The van der Waals surface area contributed by atoms with Crippen LogP contribution in [-0.2, 0) is 15.0 Å². The Labute approximate surface area is 236 Å². The maximum atomic E-state index is 15.1. The van der Waals surface area contributed by atoms with Gasteiger partial charge in [-0.25, -0.2) is 4.39 Å². The molecule has 2 heterocycles. The van der Waals surface area contributed by atoms with Gasteiger partial charge < -0.3 is 14.5 Å². The third-order valence-electron chi connectivity index (χ3n) is 9.11. The Bertz CT molecular complexity index is 1190. The van der Waals surface area contributed by atoms with E-state index >= 15 is 4.39 Å². The summed E-state index contributed by atoms with van der Waals surface area (Å²) in [5, 5.41) is 0.682. The summed E-state index contributed by atoms with van der Waals surface area (Å²) in [6, 6.07) is 12.3. The van der Waals surface area contributed by atoms with Crippen LogP contribution in [0.15, 0.2) is 42.5 Å². The van der Waals surface area contributed by atoms with Gasteiger partial charge in [0.25, 0.3) is 0 Å². The van der Waals surface area contributed by atoms with Gasteiger partial charge in [-0.2, -0.15) is 0 Å². The molecule has 5 rings (SSSR count). The number of hydrogen-bond acceptors (Lipinski definition) is 3. The van der Waals surface area contributed by atoms with Crippen molar-refractivity contribution in [2.45, 2.75) is 76.5 Å². The van der Waals surface area contributed by atoms with Crippen LogP contribution in [0.2, 0.25) is 5.02 Å². The number of halogens is 2. The van der Waals surface area contributed by atoms with E-state index in [4.69, 9.17) is 16.3 Å². The van der Waals surface area contributed by atoms with Gasteiger partial charge in [-0.15, -0.1) is 0 Å². The average Bonchev–Trinajstić information content (AvgIpc) is 3.45. The first-order valence-corrected chi connectivity index (χ1v) is 14.9. The molecule has 39 heavy (non-hydrogen) atoms. The SMILES string of the molecule is Cc1cc(OC[C@@]2(CC(=O)N3CCCCC3)CCCN(C(=O)C3(c4ccccc4F)CCCC3)C2)ccc1Cl. The lowest BCUT2D eigenvalue weighted by molar-refractivity contribution is -0.145. The molecule has 0 radical (unpaired) electrons. The molecule has 2 aliphatic heterocycles.